The van der Waals surface area contributed by atoms with Crippen molar-refractivity contribution >= 4 is 5.78 Å². The Morgan fingerprint density at radius 2 is 2.07 bits per heavy atom. The van der Waals surface area contributed by atoms with E-state index in [1.807, 2.05) is 0 Å². The Morgan fingerprint density at radius 1 is 1.13 bits per heavy atom. The third-order valence-corrected chi connectivity index (χ3v) is 1.91. The van der Waals surface area contributed by atoms with Crippen LogP contribution in [0, 0.1) is 0 Å². The monoisotopic (exact) mass is 199 g/mol. The first-order chi connectivity index (χ1) is 7.36. The standard InChI is InChI=1S/C11H9N3O/c15-11(10-3-1-2-4-14-10)7-9-8-12-5-6-13-9/h1-6,8H,7H2. The van der Waals surface area contributed by atoms with Crippen LogP contribution in [0.5, 0.6) is 0 Å². The molecule has 0 spiro atoms. The normalized spacial score (nSPS) is 9.87. The van der Waals surface area contributed by atoms with Gasteiger partial charge in [-0.15, -0.1) is 0 Å². The summed E-state index contributed by atoms with van der Waals surface area (Å²) in [7, 11) is 0. The van der Waals surface area contributed by atoms with E-state index in [4.69, 9.17) is 0 Å². The van der Waals surface area contributed by atoms with Crippen molar-refractivity contribution in [3.8, 4) is 0 Å². The lowest BCUT2D eigenvalue weighted by atomic mass is 10.1. The summed E-state index contributed by atoms with van der Waals surface area (Å²) in [5.74, 6) is -0.0453. The van der Waals surface area contributed by atoms with Crippen LogP contribution in [-0.4, -0.2) is 20.7 Å². The summed E-state index contributed by atoms with van der Waals surface area (Å²) in [6, 6.07) is 5.26. The molecule has 2 heterocycles. The second-order valence-corrected chi connectivity index (χ2v) is 3.01. The fraction of sp³-hybridized carbons (Fsp3) is 0.0909. The first-order valence-corrected chi connectivity index (χ1v) is 4.55. The topological polar surface area (TPSA) is 55.7 Å². The Kier molecular flexibility index (Phi) is 2.78. The van der Waals surface area contributed by atoms with E-state index in [1.54, 1.807) is 43.0 Å². The van der Waals surface area contributed by atoms with Crippen LogP contribution < -0.4 is 0 Å². The van der Waals surface area contributed by atoms with Crippen molar-refractivity contribution in [3.05, 3.63) is 54.4 Å². The second kappa shape index (κ2) is 4.41. The van der Waals surface area contributed by atoms with E-state index in [0.717, 1.165) is 0 Å². The maximum absolute atomic E-state index is 11.7. The minimum absolute atomic E-state index is 0.0453. The van der Waals surface area contributed by atoms with Crippen molar-refractivity contribution in [1.82, 2.24) is 15.0 Å². The van der Waals surface area contributed by atoms with E-state index in [2.05, 4.69) is 15.0 Å². The number of nitrogens with zero attached hydrogens (tertiary/aromatic N) is 3. The van der Waals surface area contributed by atoms with Gasteiger partial charge in [-0.25, -0.2) is 0 Å². The van der Waals surface area contributed by atoms with E-state index in [0.29, 0.717) is 11.4 Å². The summed E-state index contributed by atoms with van der Waals surface area (Å²) < 4.78 is 0. The van der Waals surface area contributed by atoms with Gasteiger partial charge < -0.3 is 0 Å². The summed E-state index contributed by atoms with van der Waals surface area (Å²) in [6.45, 7) is 0. The second-order valence-electron chi connectivity index (χ2n) is 3.01. The molecule has 0 aliphatic heterocycles. The van der Waals surface area contributed by atoms with Crippen molar-refractivity contribution in [2.24, 2.45) is 0 Å². The Hall–Kier alpha value is -2.10. The smallest absolute Gasteiger partial charge is 0.187 e. The zero-order valence-electron chi connectivity index (χ0n) is 8.00. The zero-order valence-corrected chi connectivity index (χ0v) is 8.00. The molecule has 0 aromatic carbocycles. The summed E-state index contributed by atoms with van der Waals surface area (Å²) in [5.41, 5.74) is 1.12. The third-order valence-electron chi connectivity index (χ3n) is 1.91. The fourth-order valence-electron chi connectivity index (χ4n) is 1.20. The van der Waals surface area contributed by atoms with Gasteiger partial charge in [-0.05, 0) is 12.1 Å². The fourth-order valence-corrected chi connectivity index (χ4v) is 1.20. The molecule has 2 aromatic heterocycles. The van der Waals surface area contributed by atoms with Crippen LogP contribution in [0.25, 0.3) is 0 Å². The quantitative estimate of drug-likeness (QED) is 0.699. The van der Waals surface area contributed by atoms with Crippen LogP contribution in [0.1, 0.15) is 16.2 Å². The molecule has 0 fully saturated rings. The van der Waals surface area contributed by atoms with E-state index >= 15 is 0 Å². The number of hydrogen-bond donors (Lipinski definition) is 0. The number of ketones is 1. The maximum Gasteiger partial charge on any atom is 0.187 e. The number of hydrogen-bond acceptors (Lipinski definition) is 4. The Balaban J connectivity index is 2.12. The molecule has 0 radical (unpaired) electrons. The van der Waals surface area contributed by atoms with Crippen LogP contribution in [-0.2, 0) is 6.42 Å². The molecule has 0 saturated carbocycles. The van der Waals surface area contributed by atoms with Gasteiger partial charge in [0, 0.05) is 24.8 Å². The lowest BCUT2D eigenvalue weighted by Crippen LogP contribution is -2.06. The molecule has 0 unspecified atom stereocenters. The summed E-state index contributed by atoms with van der Waals surface area (Å²) in [6.07, 6.45) is 6.57. The predicted molar refractivity (Wildman–Crippen MR) is 54.3 cm³/mol. The zero-order chi connectivity index (χ0) is 10.5. The average molecular weight is 199 g/mol. The number of aromatic nitrogens is 3. The van der Waals surface area contributed by atoms with E-state index in [1.165, 1.54) is 0 Å². The first kappa shape index (κ1) is 9.45. The van der Waals surface area contributed by atoms with Gasteiger partial charge in [0.15, 0.2) is 5.78 Å². The molecule has 2 rings (SSSR count). The van der Waals surface area contributed by atoms with Crippen LogP contribution in [0.15, 0.2) is 43.0 Å². The van der Waals surface area contributed by atoms with Crippen molar-refractivity contribution in [2.75, 3.05) is 0 Å². The summed E-state index contributed by atoms with van der Waals surface area (Å²) >= 11 is 0. The molecule has 0 amide bonds. The van der Waals surface area contributed by atoms with Gasteiger partial charge in [-0.2, -0.15) is 0 Å². The minimum atomic E-state index is -0.0453. The molecule has 0 atom stereocenters. The molecule has 0 aliphatic carbocycles. The van der Waals surface area contributed by atoms with E-state index in [9.17, 15) is 4.79 Å². The van der Waals surface area contributed by atoms with Crippen LogP contribution in [0.4, 0.5) is 0 Å². The molecule has 4 nitrogen and oxygen atoms in total. The van der Waals surface area contributed by atoms with Crippen molar-refractivity contribution in [2.45, 2.75) is 6.42 Å². The number of Topliss-reactive ketones (excluding diaryl/α,β-unsaturated/α-hetero) is 1. The van der Waals surface area contributed by atoms with Gasteiger partial charge in [-0.3, -0.25) is 19.7 Å². The highest BCUT2D eigenvalue weighted by atomic mass is 16.1. The first-order valence-electron chi connectivity index (χ1n) is 4.55. The largest absolute Gasteiger partial charge is 0.292 e. The van der Waals surface area contributed by atoms with E-state index in [-0.39, 0.29) is 12.2 Å². The van der Waals surface area contributed by atoms with Crippen molar-refractivity contribution in [3.63, 3.8) is 0 Å². The molecule has 15 heavy (non-hydrogen) atoms. The van der Waals surface area contributed by atoms with Crippen LogP contribution in [0.3, 0.4) is 0 Å². The molecule has 4 heteroatoms. The molecule has 0 N–H and O–H groups in total. The molecular formula is C11H9N3O. The van der Waals surface area contributed by atoms with Crippen LogP contribution in [0.2, 0.25) is 0 Å². The van der Waals surface area contributed by atoms with Gasteiger partial charge in [0.25, 0.3) is 0 Å². The van der Waals surface area contributed by atoms with Crippen molar-refractivity contribution in [1.29, 1.82) is 0 Å². The summed E-state index contributed by atoms with van der Waals surface area (Å²) in [4.78, 5) is 23.6. The highest BCUT2D eigenvalue weighted by Crippen LogP contribution is 2.01. The Labute approximate surface area is 87.0 Å². The number of carbonyl (C=O) groups is 1. The van der Waals surface area contributed by atoms with Gasteiger partial charge >= 0.3 is 0 Å². The average Bonchev–Trinajstić information content (AvgIpc) is 2.31. The van der Waals surface area contributed by atoms with E-state index < -0.39 is 0 Å². The number of pyridine rings is 1. The van der Waals surface area contributed by atoms with Crippen molar-refractivity contribution < 1.29 is 4.79 Å². The SMILES string of the molecule is O=C(Cc1cnccn1)c1ccccn1. The minimum Gasteiger partial charge on any atom is -0.292 e. The maximum atomic E-state index is 11.7. The van der Waals surface area contributed by atoms with Gasteiger partial charge in [0.2, 0.25) is 0 Å². The van der Waals surface area contributed by atoms with Gasteiger partial charge in [0.1, 0.15) is 5.69 Å². The molecule has 74 valence electrons. The highest BCUT2D eigenvalue weighted by Gasteiger charge is 2.08. The Morgan fingerprint density at radius 3 is 2.73 bits per heavy atom. The summed E-state index contributed by atoms with van der Waals surface area (Å²) in [5, 5.41) is 0. The van der Waals surface area contributed by atoms with Crippen LogP contribution >= 0.6 is 0 Å². The van der Waals surface area contributed by atoms with Gasteiger partial charge in [-0.1, -0.05) is 6.07 Å². The number of carbonyl (C=O) groups excluding carboxylic acids is 1. The lowest BCUT2D eigenvalue weighted by molar-refractivity contribution is 0.0987. The molecule has 0 saturated heterocycles. The predicted octanol–water partition coefficient (Wildman–Crippen LogP) is 1.30. The lowest BCUT2D eigenvalue weighted by Gasteiger charge is -1.98. The Bertz CT molecular complexity index is 442. The molecule has 0 aliphatic rings. The molecular weight excluding hydrogens is 190 g/mol. The number of rotatable bonds is 3. The third kappa shape index (κ3) is 2.43. The highest BCUT2D eigenvalue weighted by molar-refractivity contribution is 5.95. The molecule has 0 bridgehead atoms. The molecule has 2 aromatic rings. The van der Waals surface area contributed by atoms with Gasteiger partial charge in [0.05, 0.1) is 12.1 Å².